The van der Waals surface area contributed by atoms with Crippen LogP contribution in [0.5, 0.6) is 0 Å². The van der Waals surface area contributed by atoms with Crippen LogP contribution in [0.3, 0.4) is 0 Å². The fourth-order valence-corrected chi connectivity index (χ4v) is 2.08. The van der Waals surface area contributed by atoms with Crippen LogP contribution >= 0.6 is 0 Å². The maximum absolute atomic E-state index is 8.49. The summed E-state index contributed by atoms with van der Waals surface area (Å²) in [5.74, 6) is 2.02. The third-order valence-corrected chi connectivity index (χ3v) is 3.16. The topological polar surface area (TPSA) is 108 Å². The van der Waals surface area contributed by atoms with Crippen molar-refractivity contribution in [1.82, 2.24) is 4.58 Å². The molecule has 0 aromatic carbocycles. The number of halogens is 1. The molecule has 7 heteroatoms. The van der Waals surface area contributed by atoms with Crippen LogP contribution in [0.4, 0.5) is 0 Å². The van der Waals surface area contributed by atoms with E-state index in [1.54, 1.807) is 0 Å². The highest BCUT2D eigenvalue weighted by molar-refractivity contribution is 5.57. The zero-order valence-electron chi connectivity index (χ0n) is 12.9. The lowest BCUT2D eigenvalue weighted by atomic mass is 10.1. The Labute approximate surface area is 131 Å². The van der Waals surface area contributed by atoms with Crippen molar-refractivity contribution in [3.63, 3.8) is 0 Å². The van der Waals surface area contributed by atoms with Gasteiger partial charge in [0.15, 0.2) is 0 Å². The summed E-state index contributed by atoms with van der Waals surface area (Å²) in [6, 6.07) is 10.6. The molecule has 0 unspecified atom stereocenters. The first-order valence-electron chi connectivity index (χ1n) is 7.01. The standard InChI is InChI=1S/C15H20NO.ClHO4/c1-4-14-10-8-12-7-9-13(11-15(12)17-14)16(5-2)6-3;2-1(3,4)5/h7-11H,4-6H2,1-3H3;(H,2,3,4,5)/q+1;/p-1. The van der Waals surface area contributed by atoms with Gasteiger partial charge in [-0.05, 0) is 32.0 Å². The van der Waals surface area contributed by atoms with Crippen LogP contribution in [0.15, 0.2) is 34.7 Å². The fraction of sp³-hybridized carbons (Fsp3) is 0.400. The van der Waals surface area contributed by atoms with Crippen molar-refractivity contribution in [3.8, 4) is 11.3 Å². The molecule has 2 aliphatic rings. The average molecular weight is 330 g/mol. The normalized spacial score (nSPS) is 11.0. The molecular formula is C15H20ClNO5. The van der Waals surface area contributed by atoms with Crippen LogP contribution in [0.25, 0.3) is 11.3 Å². The number of nitrogens with zero attached hydrogens (tertiary/aromatic N) is 1. The number of hydrogen-bond acceptors (Lipinski definition) is 5. The van der Waals surface area contributed by atoms with Gasteiger partial charge in [-0.1, -0.05) is 6.92 Å². The summed E-state index contributed by atoms with van der Waals surface area (Å²) >= 11 is 0. The Morgan fingerprint density at radius 1 is 0.955 bits per heavy atom. The number of hydrogen-bond donors (Lipinski definition) is 0. The number of rotatable bonds is 3. The number of benzene rings is 1. The SMILES string of the molecule is CCc1ccc2ccc(=[N+](CC)CC)cc-2o1.[O-][Cl+3]([O-])([O-])[O-]. The summed E-state index contributed by atoms with van der Waals surface area (Å²) in [5.41, 5.74) is 1.16. The highest BCUT2D eigenvalue weighted by Gasteiger charge is 2.08. The first kappa shape index (κ1) is 18.6. The van der Waals surface area contributed by atoms with E-state index in [-0.39, 0.29) is 0 Å². The molecule has 0 atom stereocenters. The van der Waals surface area contributed by atoms with Crippen molar-refractivity contribution in [3.05, 3.63) is 41.4 Å². The Hall–Kier alpha value is -1.44. The molecule has 0 aromatic rings. The lowest BCUT2D eigenvalue weighted by Crippen LogP contribution is -2.68. The Bertz CT molecular complexity index is 621. The van der Waals surface area contributed by atoms with Gasteiger partial charge < -0.3 is 4.42 Å². The van der Waals surface area contributed by atoms with Crippen LogP contribution in [-0.4, -0.2) is 13.1 Å². The van der Waals surface area contributed by atoms with Gasteiger partial charge in [0.05, 0.1) is 6.07 Å². The lowest BCUT2D eigenvalue weighted by molar-refractivity contribution is -2.00. The third kappa shape index (κ3) is 6.13. The van der Waals surface area contributed by atoms with Gasteiger partial charge in [0.25, 0.3) is 0 Å². The second kappa shape index (κ2) is 8.26. The molecule has 1 heterocycles. The molecule has 0 saturated carbocycles. The quantitative estimate of drug-likeness (QED) is 0.605. The van der Waals surface area contributed by atoms with Gasteiger partial charge in [0.2, 0.25) is 5.36 Å². The number of aryl methyl sites for hydroxylation is 1. The Morgan fingerprint density at radius 3 is 2.00 bits per heavy atom. The zero-order chi connectivity index (χ0) is 16.8. The van der Waals surface area contributed by atoms with E-state index in [1.807, 2.05) is 0 Å². The van der Waals surface area contributed by atoms with E-state index >= 15 is 0 Å². The molecule has 0 saturated heterocycles. The summed E-state index contributed by atoms with van der Waals surface area (Å²) in [5, 5.41) is 1.24. The van der Waals surface area contributed by atoms with Gasteiger partial charge in [-0.3, -0.25) is 0 Å². The smallest absolute Gasteiger partial charge is 0.203 e. The summed E-state index contributed by atoms with van der Waals surface area (Å²) in [4.78, 5) is 0. The highest BCUT2D eigenvalue weighted by atomic mass is 35.7. The molecule has 0 bridgehead atoms. The number of fused-ring (bicyclic) bond motifs is 1. The molecular weight excluding hydrogens is 310 g/mol. The summed E-state index contributed by atoms with van der Waals surface area (Å²) in [6.45, 7) is 8.50. The maximum Gasteiger partial charge on any atom is 0.203 e. The molecule has 0 amide bonds. The van der Waals surface area contributed by atoms with E-state index in [0.717, 1.165) is 36.6 Å². The molecule has 0 N–H and O–H groups in total. The monoisotopic (exact) mass is 329 g/mol. The Balaban J connectivity index is 0.000000422. The fourth-order valence-electron chi connectivity index (χ4n) is 2.08. The van der Waals surface area contributed by atoms with Crippen molar-refractivity contribution in [2.45, 2.75) is 27.2 Å². The van der Waals surface area contributed by atoms with Gasteiger partial charge in [-0.2, -0.15) is 0 Å². The zero-order valence-corrected chi connectivity index (χ0v) is 13.6. The predicted molar refractivity (Wildman–Crippen MR) is 71.1 cm³/mol. The van der Waals surface area contributed by atoms with Crippen molar-refractivity contribution in [2.24, 2.45) is 0 Å². The maximum atomic E-state index is 8.49. The van der Waals surface area contributed by atoms with Crippen molar-refractivity contribution < 1.29 is 33.3 Å². The highest BCUT2D eigenvalue weighted by Crippen LogP contribution is 2.20. The van der Waals surface area contributed by atoms with E-state index in [4.69, 9.17) is 23.1 Å². The molecule has 122 valence electrons. The van der Waals surface area contributed by atoms with E-state index in [1.165, 1.54) is 5.36 Å². The van der Waals surface area contributed by atoms with Crippen LogP contribution in [-0.2, 0) is 6.42 Å². The Kier molecular flexibility index (Phi) is 6.99. The van der Waals surface area contributed by atoms with Gasteiger partial charge in [-0.15, -0.1) is 10.2 Å². The van der Waals surface area contributed by atoms with Crippen LogP contribution in [0, 0.1) is 10.2 Å². The van der Waals surface area contributed by atoms with Crippen molar-refractivity contribution >= 4 is 0 Å². The molecule has 1 aliphatic heterocycles. The van der Waals surface area contributed by atoms with Crippen molar-refractivity contribution in [1.29, 1.82) is 0 Å². The van der Waals surface area contributed by atoms with E-state index in [9.17, 15) is 0 Å². The minimum Gasteiger partial charge on any atom is -0.461 e. The molecule has 22 heavy (non-hydrogen) atoms. The molecule has 2 rings (SSSR count). The van der Waals surface area contributed by atoms with Crippen molar-refractivity contribution in [2.75, 3.05) is 13.1 Å². The predicted octanol–water partition coefficient (Wildman–Crippen LogP) is -2.00. The summed E-state index contributed by atoms with van der Waals surface area (Å²) < 4.78 is 42.2. The first-order chi connectivity index (χ1) is 10.3. The molecule has 0 aromatic heterocycles. The average Bonchev–Trinajstić information content (AvgIpc) is 2.46. The van der Waals surface area contributed by atoms with Crippen LogP contribution < -0.4 is 28.6 Å². The van der Waals surface area contributed by atoms with E-state index in [0.29, 0.717) is 0 Å². The van der Waals surface area contributed by atoms with E-state index < -0.39 is 10.2 Å². The second-order valence-electron chi connectivity index (χ2n) is 4.53. The largest absolute Gasteiger partial charge is 0.461 e. The van der Waals surface area contributed by atoms with E-state index in [2.05, 4.69) is 55.7 Å². The minimum absolute atomic E-state index is 0.936. The Morgan fingerprint density at radius 2 is 1.50 bits per heavy atom. The van der Waals surface area contributed by atoms with Gasteiger partial charge in [0, 0.05) is 18.1 Å². The minimum atomic E-state index is -4.94. The lowest BCUT2D eigenvalue weighted by Gasteiger charge is -2.17. The van der Waals surface area contributed by atoms with Gasteiger partial charge in [0.1, 0.15) is 24.6 Å². The summed E-state index contributed by atoms with van der Waals surface area (Å²) in [7, 11) is -4.94. The van der Waals surface area contributed by atoms with Crippen LogP contribution in [0.1, 0.15) is 26.5 Å². The molecule has 0 radical (unpaired) electrons. The third-order valence-electron chi connectivity index (χ3n) is 3.16. The second-order valence-corrected chi connectivity index (χ2v) is 5.28. The molecule has 6 nitrogen and oxygen atoms in total. The molecule has 0 fully saturated rings. The van der Waals surface area contributed by atoms with Crippen LogP contribution in [0.2, 0.25) is 0 Å². The molecule has 0 spiro atoms. The van der Waals surface area contributed by atoms with Gasteiger partial charge in [-0.25, -0.2) is 23.2 Å². The summed E-state index contributed by atoms with van der Waals surface area (Å²) in [6.07, 6.45) is 0.936. The first-order valence-corrected chi connectivity index (χ1v) is 8.24. The molecule has 1 aliphatic carbocycles. The van der Waals surface area contributed by atoms with Gasteiger partial charge >= 0.3 is 0 Å².